The van der Waals surface area contributed by atoms with E-state index < -0.39 is 0 Å². The fourth-order valence-electron chi connectivity index (χ4n) is 2.17. The molecular formula is C18H27ClO2. The highest BCUT2D eigenvalue weighted by Gasteiger charge is 2.10. The molecule has 0 atom stereocenters. The van der Waals surface area contributed by atoms with Gasteiger partial charge in [0.25, 0.3) is 0 Å². The van der Waals surface area contributed by atoms with E-state index >= 15 is 0 Å². The molecule has 21 heavy (non-hydrogen) atoms. The fraction of sp³-hybridized carbons (Fsp3) is 0.611. The smallest absolute Gasteiger partial charge is 0.138 e. The van der Waals surface area contributed by atoms with Gasteiger partial charge in [-0.2, -0.15) is 0 Å². The average Bonchev–Trinajstić information content (AvgIpc) is 2.44. The number of ether oxygens (including phenoxy) is 1. The molecule has 0 bridgehead atoms. The lowest BCUT2D eigenvalue weighted by Gasteiger charge is -2.14. The van der Waals surface area contributed by atoms with Gasteiger partial charge >= 0.3 is 0 Å². The molecule has 0 fully saturated rings. The van der Waals surface area contributed by atoms with E-state index in [9.17, 15) is 4.79 Å². The minimum atomic E-state index is 0.339. The van der Waals surface area contributed by atoms with Crippen LogP contribution in [0.25, 0.3) is 0 Å². The van der Waals surface area contributed by atoms with E-state index in [0.717, 1.165) is 41.2 Å². The quantitative estimate of drug-likeness (QED) is 0.573. The zero-order valence-corrected chi connectivity index (χ0v) is 14.4. The maximum atomic E-state index is 11.3. The Morgan fingerprint density at radius 1 is 1.29 bits per heavy atom. The lowest BCUT2D eigenvalue weighted by molar-refractivity contribution is -0.118. The standard InChI is InChI=1S/C18H27ClO2/c1-5-16(20)9-7-6-8-15-10-14(4)11-17(18(15)19)21-12-13(2)3/h10-11,13H,5-9,12H2,1-4H3. The van der Waals surface area contributed by atoms with Crippen LogP contribution in [0.3, 0.4) is 0 Å². The summed E-state index contributed by atoms with van der Waals surface area (Å²) >= 11 is 6.44. The highest BCUT2D eigenvalue weighted by molar-refractivity contribution is 6.32. The zero-order chi connectivity index (χ0) is 15.8. The van der Waals surface area contributed by atoms with Crippen LogP contribution in [-0.2, 0) is 11.2 Å². The van der Waals surface area contributed by atoms with Gasteiger partial charge in [-0.15, -0.1) is 0 Å². The molecule has 0 saturated carbocycles. The number of carbonyl (C=O) groups is 1. The van der Waals surface area contributed by atoms with E-state index in [4.69, 9.17) is 16.3 Å². The highest BCUT2D eigenvalue weighted by Crippen LogP contribution is 2.31. The number of halogens is 1. The van der Waals surface area contributed by atoms with E-state index in [1.54, 1.807) is 0 Å². The topological polar surface area (TPSA) is 26.3 Å². The Labute approximate surface area is 133 Å². The number of hydrogen-bond donors (Lipinski definition) is 0. The van der Waals surface area contributed by atoms with Crippen LogP contribution in [0.15, 0.2) is 12.1 Å². The summed E-state index contributed by atoms with van der Waals surface area (Å²) in [7, 11) is 0. The molecule has 2 nitrogen and oxygen atoms in total. The van der Waals surface area contributed by atoms with Gasteiger partial charge in [-0.1, -0.05) is 38.4 Å². The van der Waals surface area contributed by atoms with Crippen LogP contribution in [0.1, 0.15) is 57.6 Å². The van der Waals surface area contributed by atoms with Gasteiger partial charge in [0, 0.05) is 12.8 Å². The van der Waals surface area contributed by atoms with E-state index in [-0.39, 0.29) is 0 Å². The Balaban J connectivity index is 2.62. The van der Waals surface area contributed by atoms with Crippen molar-refractivity contribution in [1.29, 1.82) is 0 Å². The number of rotatable bonds is 9. The number of hydrogen-bond acceptors (Lipinski definition) is 2. The van der Waals surface area contributed by atoms with Crippen LogP contribution in [0.5, 0.6) is 5.75 Å². The first-order chi connectivity index (χ1) is 9.93. The Morgan fingerprint density at radius 2 is 2.00 bits per heavy atom. The SMILES string of the molecule is CCC(=O)CCCCc1cc(C)cc(OCC(C)C)c1Cl. The summed E-state index contributed by atoms with van der Waals surface area (Å²) < 4.78 is 5.80. The largest absolute Gasteiger partial charge is 0.492 e. The number of aryl methyl sites for hydroxylation is 2. The third-order valence-electron chi connectivity index (χ3n) is 3.38. The minimum absolute atomic E-state index is 0.339. The molecule has 0 aliphatic rings. The van der Waals surface area contributed by atoms with E-state index in [1.165, 1.54) is 0 Å². The van der Waals surface area contributed by atoms with Gasteiger partial charge in [-0.3, -0.25) is 4.79 Å². The molecule has 0 aromatic heterocycles. The summed E-state index contributed by atoms with van der Waals surface area (Å²) in [4.78, 5) is 11.3. The number of carbonyl (C=O) groups excluding carboxylic acids is 1. The van der Waals surface area contributed by atoms with Crippen molar-refractivity contribution in [3.8, 4) is 5.75 Å². The van der Waals surface area contributed by atoms with Crippen molar-refractivity contribution < 1.29 is 9.53 Å². The summed E-state index contributed by atoms with van der Waals surface area (Å²) in [6, 6.07) is 4.11. The molecule has 118 valence electrons. The maximum Gasteiger partial charge on any atom is 0.138 e. The molecule has 1 aromatic rings. The average molecular weight is 311 g/mol. The van der Waals surface area contributed by atoms with Crippen molar-refractivity contribution in [1.82, 2.24) is 0 Å². The first-order valence-corrected chi connectivity index (χ1v) is 8.25. The Bertz CT molecular complexity index is 467. The molecule has 0 aliphatic heterocycles. The van der Waals surface area contributed by atoms with Crippen LogP contribution in [0.4, 0.5) is 0 Å². The number of unbranched alkanes of at least 4 members (excludes halogenated alkanes) is 1. The predicted octanol–water partition coefficient (Wildman–Crippen LogP) is 5.38. The van der Waals surface area contributed by atoms with Crippen LogP contribution >= 0.6 is 11.6 Å². The molecule has 0 radical (unpaired) electrons. The van der Waals surface area contributed by atoms with Gasteiger partial charge in [-0.05, 0) is 49.3 Å². The van der Waals surface area contributed by atoms with Crippen molar-refractivity contribution in [2.75, 3.05) is 6.61 Å². The normalized spacial score (nSPS) is 11.0. The van der Waals surface area contributed by atoms with Gasteiger partial charge in [0.2, 0.25) is 0 Å². The summed E-state index contributed by atoms with van der Waals surface area (Å²) in [5.41, 5.74) is 2.29. The molecule has 0 aliphatic carbocycles. The molecule has 0 amide bonds. The molecule has 0 unspecified atom stereocenters. The second-order valence-corrected chi connectivity index (χ2v) is 6.42. The number of Topliss-reactive ketones (excluding diaryl/α,β-unsaturated/α-hetero) is 1. The van der Waals surface area contributed by atoms with Gasteiger partial charge in [0.1, 0.15) is 11.5 Å². The first kappa shape index (κ1) is 18.0. The third kappa shape index (κ3) is 6.52. The summed E-state index contributed by atoms with van der Waals surface area (Å²) in [6.45, 7) is 8.89. The summed E-state index contributed by atoms with van der Waals surface area (Å²) in [5, 5.41) is 0.725. The van der Waals surface area contributed by atoms with Crippen LogP contribution in [0.2, 0.25) is 5.02 Å². The Morgan fingerprint density at radius 3 is 2.62 bits per heavy atom. The van der Waals surface area contributed by atoms with Gasteiger partial charge in [0.05, 0.1) is 11.6 Å². The monoisotopic (exact) mass is 310 g/mol. The Hall–Kier alpha value is -1.02. The second-order valence-electron chi connectivity index (χ2n) is 6.04. The molecule has 0 saturated heterocycles. The molecule has 3 heteroatoms. The van der Waals surface area contributed by atoms with Crippen LogP contribution in [-0.4, -0.2) is 12.4 Å². The lowest BCUT2D eigenvalue weighted by atomic mass is 10.0. The van der Waals surface area contributed by atoms with Crippen LogP contribution < -0.4 is 4.74 Å². The minimum Gasteiger partial charge on any atom is -0.492 e. The van der Waals surface area contributed by atoms with Crippen molar-refractivity contribution in [2.45, 2.75) is 59.8 Å². The van der Waals surface area contributed by atoms with E-state index in [2.05, 4.69) is 26.8 Å². The second kappa shape index (κ2) is 9.09. The van der Waals surface area contributed by atoms with Crippen molar-refractivity contribution in [3.63, 3.8) is 0 Å². The Kier molecular flexibility index (Phi) is 7.81. The highest BCUT2D eigenvalue weighted by atomic mass is 35.5. The van der Waals surface area contributed by atoms with Gasteiger partial charge < -0.3 is 4.74 Å². The molecule has 0 spiro atoms. The third-order valence-corrected chi connectivity index (χ3v) is 3.81. The summed E-state index contributed by atoms with van der Waals surface area (Å²) in [6.07, 6.45) is 4.13. The molecule has 1 rings (SSSR count). The molecule has 0 heterocycles. The molecular weight excluding hydrogens is 284 g/mol. The molecule has 0 N–H and O–H groups in total. The first-order valence-electron chi connectivity index (χ1n) is 7.87. The van der Waals surface area contributed by atoms with Gasteiger partial charge in [0.15, 0.2) is 0 Å². The summed E-state index contributed by atoms with van der Waals surface area (Å²) in [5.74, 6) is 1.60. The maximum absolute atomic E-state index is 11.3. The van der Waals surface area contributed by atoms with Gasteiger partial charge in [-0.25, -0.2) is 0 Å². The predicted molar refractivity (Wildman–Crippen MR) is 89.4 cm³/mol. The van der Waals surface area contributed by atoms with E-state index in [1.807, 2.05) is 13.0 Å². The van der Waals surface area contributed by atoms with Crippen molar-refractivity contribution in [2.24, 2.45) is 5.92 Å². The lowest BCUT2D eigenvalue weighted by Crippen LogP contribution is -2.06. The van der Waals surface area contributed by atoms with Crippen LogP contribution in [0, 0.1) is 12.8 Å². The van der Waals surface area contributed by atoms with Crippen molar-refractivity contribution in [3.05, 3.63) is 28.3 Å². The number of benzene rings is 1. The van der Waals surface area contributed by atoms with E-state index in [0.29, 0.717) is 31.1 Å². The molecule has 1 aromatic carbocycles. The fourth-order valence-corrected chi connectivity index (χ4v) is 2.42. The van der Waals surface area contributed by atoms with Crippen molar-refractivity contribution >= 4 is 17.4 Å². The zero-order valence-electron chi connectivity index (χ0n) is 13.7. The number of ketones is 1.